The van der Waals surface area contributed by atoms with Crippen LogP contribution in [0.15, 0.2) is 59.6 Å². The molecule has 0 aromatic heterocycles. The highest BCUT2D eigenvalue weighted by atomic mass is 35.5. The van der Waals surface area contributed by atoms with Crippen molar-refractivity contribution in [3.05, 3.63) is 65.7 Å². The van der Waals surface area contributed by atoms with E-state index < -0.39 is 17.4 Å². The van der Waals surface area contributed by atoms with Crippen LogP contribution in [0.3, 0.4) is 0 Å². The Bertz CT molecular complexity index is 752. The maximum Gasteiger partial charge on any atom is 0.514 e. The third kappa shape index (κ3) is 5.05. The molecule has 122 valence electrons. The maximum atomic E-state index is 11.6. The predicted octanol–water partition coefficient (Wildman–Crippen LogP) is 3.54. The summed E-state index contributed by atoms with van der Waals surface area (Å²) in [7, 11) is 0. The van der Waals surface area contributed by atoms with Crippen molar-refractivity contribution in [2.24, 2.45) is 4.99 Å². The van der Waals surface area contributed by atoms with Gasteiger partial charge in [-0.15, -0.1) is 0 Å². The van der Waals surface area contributed by atoms with E-state index in [-0.39, 0.29) is 12.4 Å². The van der Waals surface area contributed by atoms with Crippen LogP contribution in [0.25, 0.3) is 0 Å². The molecule has 0 amide bonds. The lowest BCUT2D eigenvalue weighted by molar-refractivity contribution is -0.112. The number of ether oxygens (including phenoxy) is 2. The summed E-state index contributed by atoms with van der Waals surface area (Å²) in [5.74, 6) is 0.215. The first-order chi connectivity index (χ1) is 11.6. The normalized spacial score (nSPS) is 11.0. The minimum atomic E-state index is -1.14. The summed E-state index contributed by atoms with van der Waals surface area (Å²) in [4.78, 5) is 36.5. The summed E-state index contributed by atoms with van der Waals surface area (Å²) in [6.45, 7) is 0.0919. The Balaban J connectivity index is 1.94. The predicted molar refractivity (Wildman–Crippen MR) is 85.4 cm³/mol. The number of nitrogens with zero attached hydrogens (tertiary/aromatic N) is 1. The van der Waals surface area contributed by atoms with E-state index in [0.29, 0.717) is 5.56 Å². The molecule has 6 nitrogen and oxygen atoms in total. The molecule has 1 unspecified atom stereocenters. The summed E-state index contributed by atoms with van der Waals surface area (Å²) < 4.78 is 9.98. The Morgan fingerprint density at radius 1 is 1.08 bits per heavy atom. The van der Waals surface area contributed by atoms with E-state index in [0.717, 1.165) is 5.56 Å². The molecule has 0 saturated carbocycles. The fourth-order valence-corrected chi connectivity index (χ4v) is 2.04. The molecule has 24 heavy (non-hydrogen) atoms. The van der Waals surface area contributed by atoms with Crippen LogP contribution in [0.1, 0.15) is 17.2 Å². The maximum absolute atomic E-state index is 11.6. The van der Waals surface area contributed by atoms with Crippen LogP contribution < -0.4 is 4.74 Å². The molecule has 7 heteroatoms. The lowest BCUT2D eigenvalue weighted by Crippen LogP contribution is -2.10. The highest BCUT2D eigenvalue weighted by molar-refractivity contribution is 6.64. The smallest absolute Gasteiger partial charge is 0.429 e. The molecule has 2 aromatic rings. The van der Waals surface area contributed by atoms with Gasteiger partial charge in [0, 0.05) is 0 Å². The largest absolute Gasteiger partial charge is 0.514 e. The molecule has 0 radical (unpaired) electrons. The third-order valence-corrected chi connectivity index (χ3v) is 3.20. The lowest BCUT2D eigenvalue weighted by atomic mass is 10.1. The number of isocyanates is 1. The number of hydrogen-bond donors (Lipinski definition) is 0. The SMILES string of the molecule is O=C=NC(C(=O)Cl)c1ccc(OC(=O)OCc2ccccc2)cc1. The number of aliphatic imine (C=N–C) groups is 1. The van der Waals surface area contributed by atoms with E-state index in [1.807, 2.05) is 30.3 Å². The monoisotopic (exact) mass is 345 g/mol. The van der Waals surface area contributed by atoms with Crippen molar-refractivity contribution in [3.63, 3.8) is 0 Å². The zero-order valence-corrected chi connectivity index (χ0v) is 13.1. The first-order valence-corrected chi connectivity index (χ1v) is 7.23. The number of carbonyl (C=O) groups excluding carboxylic acids is 3. The second-order valence-electron chi connectivity index (χ2n) is 4.62. The molecule has 2 rings (SSSR count). The molecule has 0 spiro atoms. The molecule has 0 aliphatic carbocycles. The first-order valence-electron chi connectivity index (χ1n) is 6.85. The van der Waals surface area contributed by atoms with Crippen LogP contribution >= 0.6 is 11.6 Å². The number of rotatable bonds is 6. The van der Waals surface area contributed by atoms with E-state index in [4.69, 9.17) is 21.1 Å². The zero-order valence-electron chi connectivity index (χ0n) is 12.3. The van der Waals surface area contributed by atoms with Crippen LogP contribution in [-0.2, 0) is 20.9 Å². The van der Waals surface area contributed by atoms with Crippen molar-refractivity contribution in [2.75, 3.05) is 0 Å². The van der Waals surface area contributed by atoms with E-state index >= 15 is 0 Å². The molecule has 0 N–H and O–H groups in total. The van der Waals surface area contributed by atoms with Gasteiger partial charge in [-0.25, -0.2) is 9.59 Å². The van der Waals surface area contributed by atoms with Crippen molar-refractivity contribution >= 4 is 29.1 Å². The first kappa shape index (κ1) is 17.4. The van der Waals surface area contributed by atoms with Crippen LogP contribution in [0.4, 0.5) is 4.79 Å². The fraction of sp³-hybridized carbons (Fsp3) is 0.118. The quantitative estimate of drug-likeness (QED) is 0.263. The fourth-order valence-electron chi connectivity index (χ4n) is 1.87. The summed E-state index contributed by atoms with van der Waals surface area (Å²) in [6, 6.07) is 13.8. The van der Waals surface area contributed by atoms with Crippen molar-refractivity contribution < 1.29 is 23.9 Å². The minimum absolute atomic E-state index is 0.0919. The Morgan fingerprint density at radius 2 is 1.75 bits per heavy atom. The van der Waals surface area contributed by atoms with E-state index in [1.54, 1.807) is 0 Å². The zero-order chi connectivity index (χ0) is 17.4. The van der Waals surface area contributed by atoms with Gasteiger partial charge in [0.25, 0.3) is 5.24 Å². The van der Waals surface area contributed by atoms with E-state index in [2.05, 4.69) is 4.99 Å². The van der Waals surface area contributed by atoms with Gasteiger partial charge < -0.3 is 9.47 Å². The van der Waals surface area contributed by atoms with Crippen LogP contribution in [0, 0.1) is 0 Å². The van der Waals surface area contributed by atoms with Gasteiger partial charge >= 0.3 is 6.16 Å². The lowest BCUT2D eigenvalue weighted by Gasteiger charge is -2.08. The van der Waals surface area contributed by atoms with Crippen molar-refractivity contribution in [1.29, 1.82) is 0 Å². The van der Waals surface area contributed by atoms with Crippen molar-refractivity contribution in [2.45, 2.75) is 12.6 Å². The Labute approximate surface area is 142 Å². The Kier molecular flexibility index (Phi) is 6.25. The Morgan fingerprint density at radius 3 is 2.33 bits per heavy atom. The molecule has 0 fully saturated rings. The van der Waals surface area contributed by atoms with Gasteiger partial charge in [0.1, 0.15) is 12.4 Å². The molecule has 0 aliphatic rings. The molecule has 0 aliphatic heterocycles. The van der Waals surface area contributed by atoms with Gasteiger partial charge in [0.05, 0.1) is 0 Å². The molecular weight excluding hydrogens is 334 g/mol. The summed E-state index contributed by atoms with van der Waals surface area (Å²) >= 11 is 5.36. The molecule has 0 saturated heterocycles. The summed E-state index contributed by atoms with van der Waals surface area (Å²) in [5, 5.41) is -0.811. The third-order valence-electron chi connectivity index (χ3n) is 2.99. The molecule has 2 aromatic carbocycles. The van der Waals surface area contributed by atoms with Gasteiger partial charge in [-0.2, -0.15) is 4.99 Å². The van der Waals surface area contributed by atoms with Gasteiger partial charge in [0.2, 0.25) is 6.08 Å². The highest BCUT2D eigenvalue weighted by Crippen LogP contribution is 2.23. The van der Waals surface area contributed by atoms with Crippen molar-refractivity contribution in [1.82, 2.24) is 0 Å². The average molecular weight is 346 g/mol. The second-order valence-corrected chi connectivity index (χ2v) is 4.99. The van der Waals surface area contributed by atoms with Crippen LogP contribution in [-0.4, -0.2) is 17.5 Å². The van der Waals surface area contributed by atoms with E-state index in [1.165, 1.54) is 30.3 Å². The molecule has 0 heterocycles. The van der Waals surface area contributed by atoms with Crippen LogP contribution in [0.5, 0.6) is 5.75 Å². The molecule has 0 bridgehead atoms. The van der Waals surface area contributed by atoms with Crippen molar-refractivity contribution in [3.8, 4) is 5.75 Å². The van der Waals surface area contributed by atoms with E-state index in [9.17, 15) is 14.4 Å². The number of carbonyl (C=O) groups is 2. The van der Waals surface area contributed by atoms with Gasteiger partial charge in [-0.1, -0.05) is 42.5 Å². The number of benzene rings is 2. The summed E-state index contributed by atoms with van der Waals surface area (Å²) in [5.41, 5.74) is 1.21. The topological polar surface area (TPSA) is 82.0 Å². The Hall–Kier alpha value is -2.95. The van der Waals surface area contributed by atoms with Gasteiger partial charge in [0.15, 0.2) is 6.04 Å². The van der Waals surface area contributed by atoms with Gasteiger partial charge in [-0.05, 0) is 34.9 Å². The minimum Gasteiger partial charge on any atom is -0.429 e. The standard InChI is InChI=1S/C17H12ClNO5/c18-16(21)15(19-11-20)13-6-8-14(9-7-13)24-17(22)23-10-12-4-2-1-3-5-12/h1-9,15H,10H2. The molecular formula is C17H12ClNO5. The highest BCUT2D eigenvalue weighted by Gasteiger charge is 2.18. The number of hydrogen-bond acceptors (Lipinski definition) is 6. The average Bonchev–Trinajstić information content (AvgIpc) is 2.59. The van der Waals surface area contributed by atoms with Crippen LogP contribution in [0.2, 0.25) is 0 Å². The second kappa shape index (κ2) is 8.62. The molecule has 1 atom stereocenters. The van der Waals surface area contributed by atoms with Gasteiger partial charge in [-0.3, -0.25) is 4.79 Å². The number of halogens is 1. The summed E-state index contributed by atoms with van der Waals surface area (Å²) in [6.07, 6.45) is 0.432.